The number of aromatic hydroxyl groups is 1. The monoisotopic (exact) mass is 370 g/mol. The summed E-state index contributed by atoms with van der Waals surface area (Å²) in [5, 5.41) is 20.7. The van der Waals surface area contributed by atoms with Crippen LogP contribution in [0.15, 0.2) is 18.2 Å². The summed E-state index contributed by atoms with van der Waals surface area (Å²) in [7, 11) is 0. The molecule has 0 aromatic heterocycles. The molecule has 1 aromatic rings. The third-order valence-corrected chi connectivity index (χ3v) is 8.10. The van der Waals surface area contributed by atoms with Crippen molar-refractivity contribution >= 4 is 5.78 Å². The number of aryl methyl sites for hydroxylation is 1. The Morgan fingerprint density at radius 1 is 1.22 bits per heavy atom. The van der Waals surface area contributed by atoms with Gasteiger partial charge in [0.25, 0.3) is 0 Å². The van der Waals surface area contributed by atoms with Gasteiger partial charge in [0.15, 0.2) is 0 Å². The van der Waals surface area contributed by atoms with Crippen molar-refractivity contribution in [1.82, 2.24) is 0 Å². The molecule has 0 radical (unpaired) electrons. The maximum absolute atomic E-state index is 12.2. The van der Waals surface area contributed by atoms with Crippen LogP contribution in [0.1, 0.15) is 82.3 Å². The van der Waals surface area contributed by atoms with E-state index in [1.165, 1.54) is 11.1 Å². The molecular weight excluding hydrogens is 336 g/mol. The molecule has 0 amide bonds. The van der Waals surface area contributed by atoms with Gasteiger partial charge >= 0.3 is 0 Å². The Kier molecular flexibility index (Phi) is 5.09. The molecule has 0 bridgehead atoms. The molecule has 3 aliphatic carbocycles. The fraction of sp³-hybridized carbons (Fsp3) is 0.708. The Morgan fingerprint density at radius 3 is 2.81 bits per heavy atom. The number of fused-ring (bicyclic) bond motifs is 5. The van der Waals surface area contributed by atoms with Crippen LogP contribution in [0.2, 0.25) is 0 Å². The van der Waals surface area contributed by atoms with E-state index >= 15 is 0 Å². The van der Waals surface area contributed by atoms with Crippen molar-refractivity contribution in [2.75, 3.05) is 0 Å². The van der Waals surface area contributed by atoms with Gasteiger partial charge in [0.2, 0.25) is 0 Å². The summed E-state index contributed by atoms with van der Waals surface area (Å²) in [5.74, 6) is 2.86. The van der Waals surface area contributed by atoms with Crippen molar-refractivity contribution in [3.63, 3.8) is 0 Å². The van der Waals surface area contributed by atoms with Gasteiger partial charge in [-0.25, -0.2) is 0 Å². The van der Waals surface area contributed by atoms with Gasteiger partial charge in [0.1, 0.15) is 11.5 Å². The molecule has 4 rings (SSSR count). The van der Waals surface area contributed by atoms with E-state index in [1.54, 1.807) is 0 Å². The van der Waals surface area contributed by atoms with Gasteiger partial charge in [0, 0.05) is 12.8 Å². The number of Topliss-reactive ketones (excluding diaryl/α,β-unsaturated/α-hetero) is 1. The molecule has 0 heterocycles. The van der Waals surface area contributed by atoms with Gasteiger partial charge in [-0.2, -0.15) is 0 Å². The summed E-state index contributed by atoms with van der Waals surface area (Å²) in [4.78, 5) is 12.2. The zero-order valence-corrected chi connectivity index (χ0v) is 16.8. The average molecular weight is 371 g/mol. The highest BCUT2D eigenvalue weighted by Gasteiger charge is 2.57. The van der Waals surface area contributed by atoms with Crippen molar-refractivity contribution in [3.05, 3.63) is 29.3 Å². The lowest BCUT2D eigenvalue weighted by Crippen LogP contribution is -2.48. The van der Waals surface area contributed by atoms with Gasteiger partial charge in [-0.3, -0.25) is 4.79 Å². The summed E-state index contributed by atoms with van der Waals surface area (Å²) in [5.41, 5.74) is 2.71. The van der Waals surface area contributed by atoms with E-state index in [0.717, 1.165) is 44.9 Å². The third-order valence-electron chi connectivity index (χ3n) is 8.10. The molecule has 2 N–H and O–H groups in total. The number of phenolic OH excluding ortho intramolecular Hbond substituents is 1. The molecule has 27 heavy (non-hydrogen) atoms. The number of hydrogen-bond donors (Lipinski definition) is 2. The maximum Gasteiger partial charge on any atom is 0.132 e. The summed E-state index contributed by atoms with van der Waals surface area (Å²) < 4.78 is 0. The molecule has 1 aromatic carbocycles. The standard InChI is InChI=1S/C24H34O3/c1-3-4-17(25)7-5-16-14-24(2)21(11-12-22(24)27)20-9-6-15-13-18(26)8-10-19(15)23(16)20/h8,10,13,16,20-23,26-27H,3-7,9,11-12,14H2,1-2H3/t16-,20-,21-,22-,23+,24-/m0/s1. The first-order valence-corrected chi connectivity index (χ1v) is 11.0. The predicted octanol–water partition coefficient (Wildman–Crippen LogP) is 4.98. The fourth-order valence-corrected chi connectivity index (χ4v) is 6.88. The lowest BCUT2D eigenvalue weighted by molar-refractivity contribution is -0.120. The van der Waals surface area contributed by atoms with Crippen molar-refractivity contribution < 1.29 is 15.0 Å². The fourth-order valence-electron chi connectivity index (χ4n) is 6.88. The van der Waals surface area contributed by atoms with E-state index in [2.05, 4.69) is 19.9 Å². The van der Waals surface area contributed by atoms with Crippen LogP contribution in [0.4, 0.5) is 0 Å². The number of aliphatic hydroxyl groups excluding tert-OH is 1. The molecule has 2 fully saturated rings. The number of ketones is 1. The molecule has 0 spiro atoms. The second kappa shape index (κ2) is 7.24. The normalized spacial score (nSPS) is 37.4. The van der Waals surface area contributed by atoms with E-state index in [-0.39, 0.29) is 11.5 Å². The van der Waals surface area contributed by atoms with E-state index in [0.29, 0.717) is 48.0 Å². The van der Waals surface area contributed by atoms with Crippen LogP contribution in [0, 0.1) is 23.2 Å². The molecular formula is C24H34O3. The van der Waals surface area contributed by atoms with E-state index in [9.17, 15) is 15.0 Å². The third kappa shape index (κ3) is 3.22. The summed E-state index contributed by atoms with van der Waals surface area (Å²) in [6.45, 7) is 4.37. The zero-order valence-electron chi connectivity index (χ0n) is 16.8. The quantitative estimate of drug-likeness (QED) is 0.768. The largest absolute Gasteiger partial charge is 0.508 e. The Bertz CT molecular complexity index is 712. The molecule has 6 atom stereocenters. The molecule has 2 saturated carbocycles. The number of aliphatic hydroxyl groups is 1. The van der Waals surface area contributed by atoms with Gasteiger partial charge in [-0.1, -0.05) is 19.9 Å². The minimum atomic E-state index is -0.196. The minimum absolute atomic E-state index is 0.00800. The van der Waals surface area contributed by atoms with Crippen LogP contribution >= 0.6 is 0 Å². The Labute approximate surface area is 163 Å². The van der Waals surface area contributed by atoms with Gasteiger partial charge in [0.05, 0.1) is 6.10 Å². The molecule has 3 aliphatic rings. The Balaban J connectivity index is 1.66. The van der Waals surface area contributed by atoms with E-state index < -0.39 is 0 Å². The Hall–Kier alpha value is -1.35. The number of phenols is 1. The second-order valence-electron chi connectivity index (χ2n) is 9.61. The first-order chi connectivity index (χ1) is 12.9. The van der Waals surface area contributed by atoms with Crippen molar-refractivity contribution in [1.29, 1.82) is 0 Å². The predicted molar refractivity (Wildman–Crippen MR) is 107 cm³/mol. The van der Waals surface area contributed by atoms with Crippen LogP contribution in [-0.4, -0.2) is 22.1 Å². The average Bonchev–Trinajstić information content (AvgIpc) is 2.94. The Morgan fingerprint density at radius 2 is 2.04 bits per heavy atom. The lowest BCUT2D eigenvalue weighted by atomic mass is 9.51. The number of rotatable bonds is 5. The number of carbonyl (C=O) groups is 1. The smallest absolute Gasteiger partial charge is 0.132 e. The summed E-state index contributed by atoms with van der Waals surface area (Å²) in [6.07, 6.45) is 8.29. The maximum atomic E-state index is 12.2. The zero-order chi connectivity index (χ0) is 19.2. The number of carbonyl (C=O) groups excluding carboxylic acids is 1. The summed E-state index contributed by atoms with van der Waals surface area (Å²) >= 11 is 0. The molecule has 0 unspecified atom stereocenters. The first-order valence-electron chi connectivity index (χ1n) is 11.0. The van der Waals surface area contributed by atoms with Crippen molar-refractivity contribution in [3.8, 4) is 5.75 Å². The number of hydrogen-bond acceptors (Lipinski definition) is 3. The molecule has 0 aliphatic heterocycles. The SMILES string of the molecule is CCCC(=O)CC[C@H]1C[C@]2(C)[C@@H](O)CC[C@H]2[C@@H]2CCc3cc(O)ccc3[C@@H]12. The van der Waals surface area contributed by atoms with Gasteiger partial charge in [-0.05, 0) is 97.3 Å². The van der Waals surface area contributed by atoms with Crippen LogP contribution in [0.3, 0.4) is 0 Å². The minimum Gasteiger partial charge on any atom is -0.508 e. The van der Waals surface area contributed by atoms with Crippen LogP contribution in [0.25, 0.3) is 0 Å². The molecule has 148 valence electrons. The molecule has 0 saturated heterocycles. The summed E-state index contributed by atoms with van der Waals surface area (Å²) in [6, 6.07) is 5.91. The van der Waals surface area contributed by atoms with Crippen LogP contribution in [0.5, 0.6) is 5.75 Å². The van der Waals surface area contributed by atoms with Gasteiger partial charge in [-0.15, -0.1) is 0 Å². The second-order valence-corrected chi connectivity index (χ2v) is 9.61. The number of benzene rings is 1. The first kappa shape index (κ1) is 19.0. The van der Waals surface area contributed by atoms with Crippen LogP contribution in [-0.2, 0) is 11.2 Å². The molecule has 3 nitrogen and oxygen atoms in total. The van der Waals surface area contributed by atoms with E-state index in [1.807, 2.05) is 12.1 Å². The highest BCUT2D eigenvalue weighted by atomic mass is 16.3. The van der Waals surface area contributed by atoms with E-state index in [4.69, 9.17) is 0 Å². The highest BCUT2D eigenvalue weighted by molar-refractivity contribution is 5.78. The van der Waals surface area contributed by atoms with Gasteiger partial charge < -0.3 is 10.2 Å². The lowest BCUT2D eigenvalue weighted by Gasteiger charge is -2.54. The highest BCUT2D eigenvalue weighted by Crippen LogP contribution is 2.63. The van der Waals surface area contributed by atoms with Crippen molar-refractivity contribution in [2.45, 2.75) is 83.7 Å². The van der Waals surface area contributed by atoms with Crippen molar-refractivity contribution in [2.24, 2.45) is 23.2 Å². The van der Waals surface area contributed by atoms with Crippen LogP contribution < -0.4 is 0 Å². The molecule has 3 heteroatoms. The topological polar surface area (TPSA) is 57.5 Å².